The SMILES string of the molecule is CCOC1(C(O)C2CC(C)CC(C)C2)CCOCC1. The van der Waals surface area contributed by atoms with Crippen molar-refractivity contribution in [2.75, 3.05) is 19.8 Å². The highest BCUT2D eigenvalue weighted by Gasteiger charge is 2.45. The molecule has 1 aliphatic carbocycles. The van der Waals surface area contributed by atoms with E-state index in [9.17, 15) is 5.11 Å². The van der Waals surface area contributed by atoms with Crippen LogP contribution in [0.1, 0.15) is 52.9 Å². The molecule has 0 aromatic heterocycles. The second-order valence-corrected chi connectivity index (χ2v) is 6.73. The van der Waals surface area contributed by atoms with Gasteiger partial charge in [0.05, 0.1) is 11.7 Å². The van der Waals surface area contributed by atoms with Crippen LogP contribution in [0.3, 0.4) is 0 Å². The maximum Gasteiger partial charge on any atom is 0.0986 e. The summed E-state index contributed by atoms with van der Waals surface area (Å²) >= 11 is 0. The molecule has 0 spiro atoms. The lowest BCUT2D eigenvalue weighted by atomic mass is 9.69. The second kappa shape index (κ2) is 6.55. The van der Waals surface area contributed by atoms with Gasteiger partial charge in [0.15, 0.2) is 0 Å². The van der Waals surface area contributed by atoms with E-state index < -0.39 is 0 Å². The Bertz CT molecular complexity index is 258. The summed E-state index contributed by atoms with van der Waals surface area (Å²) < 4.78 is 11.5. The molecule has 0 aromatic rings. The Morgan fingerprint density at radius 3 is 2.26 bits per heavy atom. The molecule has 1 saturated carbocycles. The average molecular weight is 270 g/mol. The molecular formula is C16H30O3. The third kappa shape index (κ3) is 3.50. The van der Waals surface area contributed by atoms with E-state index in [2.05, 4.69) is 13.8 Å². The third-order valence-corrected chi connectivity index (χ3v) is 4.97. The number of ether oxygens (including phenoxy) is 2. The van der Waals surface area contributed by atoms with Crippen molar-refractivity contribution in [3.8, 4) is 0 Å². The van der Waals surface area contributed by atoms with Crippen molar-refractivity contribution in [3.05, 3.63) is 0 Å². The van der Waals surface area contributed by atoms with Crippen molar-refractivity contribution < 1.29 is 14.6 Å². The van der Waals surface area contributed by atoms with E-state index in [0.29, 0.717) is 12.5 Å². The standard InChI is InChI=1S/C16H30O3/c1-4-19-16(5-7-18-8-6-16)15(17)14-10-12(2)9-13(3)11-14/h12-15,17H,4-11H2,1-3H3. The van der Waals surface area contributed by atoms with Crippen LogP contribution in [0.15, 0.2) is 0 Å². The maximum absolute atomic E-state index is 10.9. The van der Waals surface area contributed by atoms with Crippen LogP contribution in [-0.2, 0) is 9.47 Å². The van der Waals surface area contributed by atoms with Gasteiger partial charge in [-0.25, -0.2) is 0 Å². The number of hydrogen-bond donors (Lipinski definition) is 1. The zero-order valence-corrected chi connectivity index (χ0v) is 12.7. The zero-order valence-electron chi connectivity index (χ0n) is 12.7. The molecule has 1 heterocycles. The number of aliphatic hydroxyl groups excluding tert-OH is 1. The molecule has 2 rings (SSSR count). The highest BCUT2D eigenvalue weighted by molar-refractivity contribution is 4.96. The van der Waals surface area contributed by atoms with E-state index in [1.54, 1.807) is 0 Å². The predicted molar refractivity (Wildman–Crippen MR) is 76.1 cm³/mol. The van der Waals surface area contributed by atoms with Crippen LogP contribution < -0.4 is 0 Å². The molecule has 0 bridgehead atoms. The summed E-state index contributed by atoms with van der Waals surface area (Å²) in [5.41, 5.74) is -0.353. The van der Waals surface area contributed by atoms with Crippen LogP contribution in [0.4, 0.5) is 0 Å². The molecule has 2 fully saturated rings. The summed E-state index contributed by atoms with van der Waals surface area (Å²) in [6.45, 7) is 8.76. The predicted octanol–water partition coefficient (Wildman–Crippen LogP) is 3.01. The monoisotopic (exact) mass is 270 g/mol. The molecule has 0 aromatic carbocycles. The van der Waals surface area contributed by atoms with E-state index in [1.807, 2.05) is 6.92 Å². The number of rotatable bonds is 4. The Kier molecular flexibility index (Phi) is 5.27. The summed E-state index contributed by atoms with van der Waals surface area (Å²) in [5, 5.41) is 10.9. The normalized spacial score (nSPS) is 36.9. The van der Waals surface area contributed by atoms with Crippen LogP contribution in [0.5, 0.6) is 0 Å². The fourth-order valence-electron chi connectivity index (χ4n) is 4.23. The maximum atomic E-state index is 10.9. The molecule has 1 saturated heterocycles. The van der Waals surface area contributed by atoms with Gasteiger partial charge in [-0.2, -0.15) is 0 Å². The quantitative estimate of drug-likeness (QED) is 0.853. The minimum atomic E-state index is -0.353. The molecule has 3 heteroatoms. The highest BCUT2D eigenvalue weighted by Crippen LogP contribution is 2.41. The molecule has 112 valence electrons. The van der Waals surface area contributed by atoms with Gasteiger partial charge in [0.2, 0.25) is 0 Å². The fourth-order valence-corrected chi connectivity index (χ4v) is 4.23. The van der Waals surface area contributed by atoms with Gasteiger partial charge in [-0.05, 0) is 43.9 Å². The van der Waals surface area contributed by atoms with Gasteiger partial charge < -0.3 is 14.6 Å². The minimum Gasteiger partial charge on any atom is -0.390 e. The van der Waals surface area contributed by atoms with Crippen LogP contribution in [0, 0.1) is 17.8 Å². The van der Waals surface area contributed by atoms with E-state index in [-0.39, 0.29) is 11.7 Å². The topological polar surface area (TPSA) is 38.7 Å². The van der Waals surface area contributed by atoms with Gasteiger partial charge >= 0.3 is 0 Å². The summed E-state index contributed by atoms with van der Waals surface area (Å²) in [5.74, 6) is 1.84. The Hall–Kier alpha value is -0.120. The summed E-state index contributed by atoms with van der Waals surface area (Å²) in [7, 11) is 0. The number of aliphatic hydroxyl groups is 1. The molecule has 2 aliphatic rings. The molecule has 1 N–H and O–H groups in total. The van der Waals surface area contributed by atoms with Gasteiger partial charge in [0.1, 0.15) is 0 Å². The lowest BCUT2D eigenvalue weighted by Gasteiger charge is -2.46. The van der Waals surface area contributed by atoms with Crippen LogP contribution in [0.25, 0.3) is 0 Å². The number of hydrogen-bond acceptors (Lipinski definition) is 3. The largest absolute Gasteiger partial charge is 0.390 e. The van der Waals surface area contributed by atoms with E-state index >= 15 is 0 Å². The molecule has 3 unspecified atom stereocenters. The Morgan fingerprint density at radius 1 is 1.16 bits per heavy atom. The lowest BCUT2D eigenvalue weighted by Crippen LogP contribution is -2.53. The van der Waals surface area contributed by atoms with E-state index in [0.717, 1.165) is 50.7 Å². The Morgan fingerprint density at radius 2 is 1.74 bits per heavy atom. The fraction of sp³-hybridized carbons (Fsp3) is 1.00. The van der Waals surface area contributed by atoms with Crippen molar-refractivity contribution >= 4 is 0 Å². The molecule has 0 amide bonds. The lowest BCUT2D eigenvalue weighted by molar-refractivity contribution is -0.185. The second-order valence-electron chi connectivity index (χ2n) is 6.73. The van der Waals surface area contributed by atoms with Gasteiger partial charge in [-0.15, -0.1) is 0 Å². The summed E-state index contributed by atoms with van der Waals surface area (Å²) in [6, 6.07) is 0. The molecule has 3 nitrogen and oxygen atoms in total. The zero-order chi connectivity index (χ0) is 13.9. The van der Waals surface area contributed by atoms with Gasteiger partial charge in [0, 0.05) is 32.7 Å². The van der Waals surface area contributed by atoms with E-state index in [1.165, 1.54) is 6.42 Å². The van der Waals surface area contributed by atoms with Crippen molar-refractivity contribution in [2.24, 2.45) is 17.8 Å². The van der Waals surface area contributed by atoms with Gasteiger partial charge in [0.25, 0.3) is 0 Å². The van der Waals surface area contributed by atoms with Crippen molar-refractivity contribution in [1.29, 1.82) is 0 Å². The first kappa shape index (κ1) is 15.3. The molecule has 3 atom stereocenters. The smallest absolute Gasteiger partial charge is 0.0986 e. The first-order valence-electron chi connectivity index (χ1n) is 7.97. The van der Waals surface area contributed by atoms with Crippen LogP contribution in [-0.4, -0.2) is 36.6 Å². The van der Waals surface area contributed by atoms with Crippen molar-refractivity contribution in [3.63, 3.8) is 0 Å². The van der Waals surface area contributed by atoms with Gasteiger partial charge in [-0.1, -0.05) is 13.8 Å². The first-order valence-corrected chi connectivity index (χ1v) is 7.97. The van der Waals surface area contributed by atoms with Gasteiger partial charge in [-0.3, -0.25) is 0 Å². The summed E-state index contributed by atoms with van der Waals surface area (Å²) in [4.78, 5) is 0. The molecule has 0 radical (unpaired) electrons. The van der Waals surface area contributed by atoms with Crippen molar-refractivity contribution in [1.82, 2.24) is 0 Å². The average Bonchev–Trinajstić information content (AvgIpc) is 2.38. The molecule has 1 aliphatic heterocycles. The van der Waals surface area contributed by atoms with Crippen LogP contribution >= 0.6 is 0 Å². The third-order valence-electron chi connectivity index (χ3n) is 4.97. The summed E-state index contributed by atoms with van der Waals surface area (Å²) in [6.07, 6.45) is 4.92. The van der Waals surface area contributed by atoms with E-state index in [4.69, 9.17) is 9.47 Å². The highest BCUT2D eigenvalue weighted by atomic mass is 16.5. The minimum absolute atomic E-state index is 0.332. The van der Waals surface area contributed by atoms with Crippen molar-refractivity contribution in [2.45, 2.75) is 64.6 Å². The molecule has 19 heavy (non-hydrogen) atoms. The molecular weight excluding hydrogens is 240 g/mol. The Balaban J connectivity index is 2.07. The van der Waals surface area contributed by atoms with Crippen LogP contribution in [0.2, 0.25) is 0 Å². The Labute approximate surface area is 117 Å². The first-order chi connectivity index (χ1) is 9.07.